The number of nitrogens with one attached hydrogen (secondary N) is 1. The van der Waals surface area contributed by atoms with Crippen molar-refractivity contribution in [3.63, 3.8) is 0 Å². The maximum absolute atomic E-state index is 4.67. The Morgan fingerprint density at radius 3 is 2.83 bits per heavy atom. The van der Waals surface area contributed by atoms with Crippen molar-refractivity contribution in [2.24, 2.45) is 7.05 Å². The molecule has 2 aromatic rings. The molecule has 0 radical (unpaired) electrons. The van der Waals surface area contributed by atoms with Crippen LogP contribution in [0.5, 0.6) is 0 Å². The maximum atomic E-state index is 4.67. The van der Waals surface area contributed by atoms with Gasteiger partial charge in [0.05, 0.1) is 11.0 Å². The number of hydrogen-bond acceptors (Lipinski definition) is 2. The van der Waals surface area contributed by atoms with Crippen molar-refractivity contribution < 1.29 is 0 Å². The molecule has 1 aromatic heterocycles. The molecule has 0 atom stereocenters. The molecule has 96 valence electrons. The van der Waals surface area contributed by atoms with E-state index >= 15 is 0 Å². The van der Waals surface area contributed by atoms with Crippen molar-refractivity contribution in [1.82, 2.24) is 14.9 Å². The van der Waals surface area contributed by atoms with E-state index in [9.17, 15) is 0 Å². The van der Waals surface area contributed by atoms with Crippen LogP contribution >= 0.6 is 0 Å². The summed E-state index contributed by atoms with van der Waals surface area (Å²) in [7, 11) is 2.13. The number of hydrogen-bond donors (Lipinski definition) is 1. The minimum absolute atomic E-state index is 0.718. The number of benzene rings is 1. The van der Waals surface area contributed by atoms with Crippen molar-refractivity contribution in [2.45, 2.75) is 32.1 Å². The van der Waals surface area contributed by atoms with E-state index < -0.39 is 0 Å². The van der Waals surface area contributed by atoms with Crippen LogP contribution in [0.4, 0.5) is 0 Å². The molecule has 1 N–H and O–H groups in total. The molecular weight excluding hydrogens is 222 g/mol. The van der Waals surface area contributed by atoms with Gasteiger partial charge in [-0.05, 0) is 49.5 Å². The highest BCUT2D eigenvalue weighted by Gasteiger charge is 2.16. The molecule has 3 rings (SSSR count). The van der Waals surface area contributed by atoms with Crippen LogP contribution in [0.2, 0.25) is 0 Å². The zero-order valence-electron chi connectivity index (χ0n) is 11.2. The molecule has 0 spiro atoms. The normalized spacial score (nSPS) is 17.4. The Kier molecular flexibility index (Phi) is 3.08. The van der Waals surface area contributed by atoms with Gasteiger partial charge < -0.3 is 9.88 Å². The minimum Gasteiger partial charge on any atom is -0.331 e. The zero-order valence-corrected chi connectivity index (χ0v) is 11.2. The summed E-state index contributed by atoms with van der Waals surface area (Å²) in [4.78, 5) is 4.67. The first-order valence-corrected chi connectivity index (χ1v) is 6.95. The highest BCUT2D eigenvalue weighted by atomic mass is 15.1. The summed E-state index contributed by atoms with van der Waals surface area (Å²) in [5, 5.41) is 3.43. The first kappa shape index (κ1) is 11.7. The van der Waals surface area contributed by atoms with Crippen molar-refractivity contribution in [1.29, 1.82) is 0 Å². The fourth-order valence-corrected chi connectivity index (χ4v) is 2.98. The van der Waals surface area contributed by atoms with Gasteiger partial charge in [-0.3, -0.25) is 0 Å². The molecule has 2 heterocycles. The summed E-state index contributed by atoms with van der Waals surface area (Å²) in [6, 6.07) is 6.80. The van der Waals surface area contributed by atoms with E-state index in [1.165, 1.54) is 29.7 Å². The minimum atomic E-state index is 0.718. The number of imidazole rings is 1. The predicted molar refractivity (Wildman–Crippen MR) is 74.9 cm³/mol. The molecule has 3 heteroatoms. The number of nitrogens with zero attached hydrogens (tertiary/aromatic N) is 2. The summed E-state index contributed by atoms with van der Waals surface area (Å²) >= 11 is 0. The summed E-state index contributed by atoms with van der Waals surface area (Å²) in [6.07, 6.45) is 3.50. The van der Waals surface area contributed by atoms with Gasteiger partial charge in [-0.25, -0.2) is 4.98 Å². The van der Waals surface area contributed by atoms with Gasteiger partial charge in [-0.15, -0.1) is 0 Å². The lowest BCUT2D eigenvalue weighted by Gasteiger charge is -2.23. The van der Waals surface area contributed by atoms with Crippen molar-refractivity contribution in [2.75, 3.05) is 13.1 Å². The molecule has 0 aliphatic carbocycles. The van der Waals surface area contributed by atoms with Crippen molar-refractivity contribution >= 4 is 11.0 Å². The summed E-state index contributed by atoms with van der Waals surface area (Å²) in [6.45, 7) is 4.46. The molecule has 3 nitrogen and oxygen atoms in total. The highest BCUT2D eigenvalue weighted by molar-refractivity contribution is 5.77. The van der Waals surface area contributed by atoms with E-state index in [1.54, 1.807) is 0 Å². The quantitative estimate of drug-likeness (QED) is 0.878. The number of piperidine rings is 1. The second-order valence-corrected chi connectivity index (χ2v) is 5.21. The maximum Gasteiger partial charge on any atom is 0.109 e. The van der Waals surface area contributed by atoms with Crippen LogP contribution in [0, 0.1) is 0 Å². The van der Waals surface area contributed by atoms with E-state index in [-0.39, 0.29) is 0 Å². The molecule has 18 heavy (non-hydrogen) atoms. The van der Waals surface area contributed by atoms with E-state index in [2.05, 4.69) is 47.0 Å². The third-order valence-corrected chi connectivity index (χ3v) is 4.12. The summed E-state index contributed by atoms with van der Waals surface area (Å²) in [5.41, 5.74) is 3.89. The Bertz CT molecular complexity index is 550. The average Bonchev–Trinajstić information content (AvgIpc) is 2.76. The first-order chi connectivity index (χ1) is 8.79. The van der Waals surface area contributed by atoms with Gasteiger partial charge in [0.25, 0.3) is 0 Å². The van der Waals surface area contributed by atoms with Crippen LogP contribution in [0.25, 0.3) is 11.0 Å². The Hall–Kier alpha value is -1.35. The van der Waals surface area contributed by atoms with E-state index in [0.29, 0.717) is 0 Å². The predicted octanol–water partition coefficient (Wildman–Crippen LogP) is 2.60. The Labute approximate surface area is 108 Å². The zero-order chi connectivity index (χ0) is 12.5. The number of aryl methyl sites for hydroxylation is 2. The van der Waals surface area contributed by atoms with Gasteiger partial charge in [0.1, 0.15) is 5.82 Å². The van der Waals surface area contributed by atoms with Gasteiger partial charge in [0, 0.05) is 13.5 Å². The largest absolute Gasteiger partial charge is 0.331 e. The number of fused-ring (bicyclic) bond motifs is 1. The van der Waals surface area contributed by atoms with Gasteiger partial charge in [-0.1, -0.05) is 13.0 Å². The van der Waals surface area contributed by atoms with Crippen LogP contribution in [0.1, 0.15) is 37.1 Å². The van der Waals surface area contributed by atoms with Crippen LogP contribution in [0.15, 0.2) is 18.2 Å². The SMILES string of the molecule is CCc1nc2ccc(C3CCNCC3)cc2n1C. The second kappa shape index (κ2) is 4.73. The van der Waals surface area contributed by atoms with Gasteiger partial charge >= 0.3 is 0 Å². The monoisotopic (exact) mass is 243 g/mol. The Balaban J connectivity index is 2.01. The van der Waals surface area contributed by atoms with E-state index in [4.69, 9.17) is 0 Å². The molecule has 1 saturated heterocycles. The van der Waals surface area contributed by atoms with Crippen molar-refractivity contribution in [3.8, 4) is 0 Å². The molecule has 0 saturated carbocycles. The lowest BCUT2D eigenvalue weighted by Crippen LogP contribution is -2.26. The van der Waals surface area contributed by atoms with E-state index in [1.807, 2.05) is 0 Å². The first-order valence-electron chi connectivity index (χ1n) is 6.95. The number of aromatic nitrogens is 2. The van der Waals surface area contributed by atoms with Crippen LogP contribution in [0.3, 0.4) is 0 Å². The third-order valence-electron chi connectivity index (χ3n) is 4.12. The third kappa shape index (κ3) is 1.93. The summed E-state index contributed by atoms with van der Waals surface area (Å²) in [5.74, 6) is 1.89. The fraction of sp³-hybridized carbons (Fsp3) is 0.533. The molecular formula is C15H21N3. The number of rotatable bonds is 2. The summed E-state index contributed by atoms with van der Waals surface area (Å²) < 4.78 is 2.24. The van der Waals surface area contributed by atoms with Gasteiger partial charge in [0.2, 0.25) is 0 Å². The second-order valence-electron chi connectivity index (χ2n) is 5.21. The van der Waals surface area contributed by atoms with Gasteiger partial charge in [0.15, 0.2) is 0 Å². The van der Waals surface area contributed by atoms with Crippen LogP contribution in [-0.4, -0.2) is 22.6 Å². The highest BCUT2D eigenvalue weighted by Crippen LogP contribution is 2.28. The molecule has 0 unspecified atom stereocenters. The lowest BCUT2D eigenvalue weighted by atomic mass is 9.90. The molecule has 0 bridgehead atoms. The van der Waals surface area contributed by atoms with Gasteiger partial charge in [-0.2, -0.15) is 0 Å². The topological polar surface area (TPSA) is 29.9 Å². The molecule has 1 aliphatic rings. The smallest absolute Gasteiger partial charge is 0.109 e. The van der Waals surface area contributed by atoms with Crippen molar-refractivity contribution in [3.05, 3.63) is 29.6 Å². The Morgan fingerprint density at radius 2 is 2.11 bits per heavy atom. The molecule has 1 fully saturated rings. The molecule has 0 amide bonds. The fourth-order valence-electron chi connectivity index (χ4n) is 2.98. The van der Waals surface area contributed by atoms with E-state index in [0.717, 1.165) is 30.9 Å². The average molecular weight is 243 g/mol. The standard InChI is InChI=1S/C15H21N3/c1-3-15-17-13-5-4-12(10-14(13)18(15)2)11-6-8-16-9-7-11/h4-5,10-11,16H,3,6-9H2,1-2H3. The molecule has 1 aromatic carbocycles. The van der Waals surface area contributed by atoms with Crippen LogP contribution in [-0.2, 0) is 13.5 Å². The molecule has 1 aliphatic heterocycles. The lowest BCUT2D eigenvalue weighted by molar-refractivity contribution is 0.460. The van der Waals surface area contributed by atoms with Crippen LogP contribution < -0.4 is 5.32 Å². The Morgan fingerprint density at radius 1 is 1.33 bits per heavy atom.